The standard InChI is InChI=1S/C53H36N2O/c1-53(2)46-21-10-8-17-40(46)41-28-27-36(31-47(41)53)33-23-25-34(26-24-33)37-29-30-42(39-16-7-6-15-38(37)39)48-32-49(55-52(54-48)35-13-4-3-5-14-35)45-20-12-19-44-43-18-9-11-22-50(43)56-51(44)45/h3-32H,1-2H3. The summed E-state index contributed by atoms with van der Waals surface area (Å²) in [7, 11) is 0. The highest BCUT2D eigenvalue weighted by molar-refractivity contribution is 6.10. The summed E-state index contributed by atoms with van der Waals surface area (Å²) in [5, 5.41) is 4.49. The fourth-order valence-corrected chi connectivity index (χ4v) is 8.89. The van der Waals surface area contributed by atoms with Crippen LogP contribution in [0.4, 0.5) is 0 Å². The van der Waals surface area contributed by atoms with Gasteiger partial charge in [-0.05, 0) is 79.5 Å². The first-order chi connectivity index (χ1) is 27.5. The number of benzene rings is 8. The van der Waals surface area contributed by atoms with E-state index in [2.05, 4.69) is 166 Å². The van der Waals surface area contributed by atoms with Gasteiger partial charge in [-0.1, -0.05) is 172 Å². The van der Waals surface area contributed by atoms with Crippen molar-refractivity contribution in [2.24, 2.45) is 0 Å². The predicted molar refractivity (Wildman–Crippen MR) is 232 cm³/mol. The van der Waals surface area contributed by atoms with Crippen molar-refractivity contribution >= 4 is 32.7 Å². The highest BCUT2D eigenvalue weighted by atomic mass is 16.3. The second kappa shape index (κ2) is 12.5. The average Bonchev–Trinajstić information content (AvgIpc) is 3.75. The summed E-state index contributed by atoms with van der Waals surface area (Å²) >= 11 is 0. The molecule has 0 amide bonds. The molecule has 3 heteroatoms. The number of nitrogens with zero attached hydrogens (tertiary/aromatic N) is 2. The maximum Gasteiger partial charge on any atom is 0.160 e. The van der Waals surface area contributed by atoms with E-state index in [4.69, 9.17) is 14.4 Å². The molecule has 8 aromatic carbocycles. The lowest BCUT2D eigenvalue weighted by atomic mass is 9.81. The van der Waals surface area contributed by atoms with Crippen LogP contribution < -0.4 is 0 Å². The Hall–Kier alpha value is -7.10. The van der Waals surface area contributed by atoms with Gasteiger partial charge in [0.05, 0.1) is 11.4 Å². The third kappa shape index (κ3) is 5.05. The van der Waals surface area contributed by atoms with E-state index in [1.807, 2.05) is 30.3 Å². The largest absolute Gasteiger partial charge is 0.455 e. The molecular formula is C53H36N2O. The summed E-state index contributed by atoms with van der Waals surface area (Å²) in [6.07, 6.45) is 0. The van der Waals surface area contributed by atoms with E-state index in [0.717, 1.165) is 55.4 Å². The lowest BCUT2D eigenvalue weighted by Gasteiger charge is -2.22. The highest BCUT2D eigenvalue weighted by Crippen LogP contribution is 2.49. The number of hydrogen-bond acceptors (Lipinski definition) is 3. The van der Waals surface area contributed by atoms with Crippen LogP contribution in [0.2, 0.25) is 0 Å². The lowest BCUT2D eigenvalue weighted by molar-refractivity contribution is 0.660. The Bertz CT molecular complexity index is 3150. The number of fused-ring (bicyclic) bond motifs is 7. The topological polar surface area (TPSA) is 38.9 Å². The van der Waals surface area contributed by atoms with E-state index >= 15 is 0 Å². The predicted octanol–water partition coefficient (Wildman–Crippen LogP) is 14.2. The summed E-state index contributed by atoms with van der Waals surface area (Å²) in [5.41, 5.74) is 16.6. The monoisotopic (exact) mass is 716 g/mol. The molecule has 2 heterocycles. The molecule has 11 rings (SSSR count). The van der Waals surface area contributed by atoms with Gasteiger partial charge >= 0.3 is 0 Å². The van der Waals surface area contributed by atoms with Crippen molar-refractivity contribution in [1.82, 2.24) is 9.97 Å². The quantitative estimate of drug-likeness (QED) is 0.178. The van der Waals surface area contributed by atoms with Crippen molar-refractivity contribution in [2.45, 2.75) is 19.3 Å². The minimum atomic E-state index is -0.0321. The minimum Gasteiger partial charge on any atom is -0.455 e. The summed E-state index contributed by atoms with van der Waals surface area (Å²) < 4.78 is 6.48. The summed E-state index contributed by atoms with van der Waals surface area (Å²) in [6.45, 7) is 4.68. The first-order valence-corrected chi connectivity index (χ1v) is 19.2. The fourth-order valence-electron chi connectivity index (χ4n) is 8.89. The fraction of sp³-hybridized carbons (Fsp3) is 0.0566. The molecule has 0 saturated heterocycles. The van der Waals surface area contributed by atoms with Crippen LogP contribution in [0.15, 0.2) is 186 Å². The number of aromatic nitrogens is 2. The molecule has 2 aromatic heterocycles. The zero-order valence-electron chi connectivity index (χ0n) is 31.1. The van der Waals surface area contributed by atoms with Gasteiger partial charge in [-0.15, -0.1) is 0 Å². The Balaban J connectivity index is 1.01. The number of hydrogen-bond donors (Lipinski definition) is 0. The molecular weight excluding hydrogens is 681 g/mol. The average molecular weight is 717 g/mol. The van der Waals surface area contributed by atoms with Crippen LogP contribution in [0.1, 0.15) is 25.0 Å². The number of furan rings is 1. The first kappa shape index (κ1) is 32.3. The molecule has 0 aliphatic heterocycles. The zero-order valence-corrected chi connectivity index (χ0v) is 31.1. The minimum absolute atomic E-state index is 0.0321. The van der Waals surface area contributed by atoms with Gasteiger partial charge in [0.15, 0.2) is 5.82 Å². The van der Waals surface area contributed by atoms with Gasteiger partial charge < -0.3 is 4.42 Å². The first-order valence-electron chi connectivity index (χ1n) is 19.2. The maximum absolute atomic E-state index is 6.48. The number of rotatable bonds is 5. The third-order valence-corrected chi connectivity index (χ3v) is 11.8. The SMILES string of the molecule is CC1(C)c2ccccc2-c2ccc(-c3ccc(-c4ccc(-c5cc(-c6cccc7c6oc6ccccc67)nc(-c6ccccc6)n5)c5ccccc45)cc3)cc21. The van der Waals surface area contributed by atoms with E-state index in [-0.39, 0.29) is 5.41 Å². The third-order valence-electron chi connectivity index (χ3n) is 11.8. The van der Waals surface area contributed by atoms with Crippen LogP contribution in [0.3, 0.4) is 0 Å². The molecule has 56 heavy (non-hydrogen) atoms. The van der Waals surface area contributed by atoms with Crippen LogP contribution in [-0.2, 0) is 5.41 Å². The molecule has 0 saturated carbocycles. The Morgan fingerprint density at radius 3 is 1.77 bits per heavy atom. The molecule has 264 valence electrons. The van der Waals surface area contributed by atoms with Crippen molar-refractivity contribution in [3.05, 3.63) is 193 Å². The summed E-state index contributed by atoms with van der Waals surface area (Å²) in [4.78, 5) is 10.4. The Morgan fingerprint density at radius 2 is 0.946 bits per heavy atom. The van der Waals surface area contributed by atoms with Crippen LogP contribution in [0.5, 0.6) is 0 Å². The molecule has 0 radical (unpaired) electrons. The van der Waals surface area contributed by atoms with Crippen molar-refractivity contribution < 1.29 is 4.42 Å². The van der Waals surface area contributed by atoms with E-state index in [0.29, 0.717) is 5.82 Å². The van der Waals surface area contributed by atoms with Crippen LogP contribution >= 0.6 is 0 Å². The molecule has 0 spiro atoms. The Morgan fingerprint density at radius 1 is 0.375 bits per heavy atom. The van der Waals surface area contributed by atoms with Gasteiger partial charge in [0.25, 0.3) is 0 Å². The molecule has 0 N–H and O–H groups in total. The maximum atomic E-state index is 6.48. The molecule has 1 aliphatic carbocycles. The van der Waals surface area contributed by atoms with Crippen LogP contribution in [0.25, 0.3) is 100.0 Å². The lowest BCUT2D eigenvalue weighted by Crippen LogP contribution is -2.14. The molecule has 0 unspecified atom stereocenters. The summed E-state index contributed by atoms with van der Waals surface area (Å²) in [6, 6.07) is 64.8. The second-order valence-corrected chi connectivity index (χ2v) is 15.3. The second-order valence-electron chi connectivity index (χ2n) is 15.3. The summed E-state index contributed by atoms with van der Waals surface area (Å²) in [5.74, 6) is 0.675. The Labute approximate surface area is 325 Å². The zero-order chi connectivity index (χ0) is 37.4. The van der Waals surface area contributed by atoms with Gasteiger partial charge in [-0.25, -0.2) is 9.97 Å². The Kier molecular flexibility index (Phi) is 7.20. The van der Waals surface area contributed by atoms with Crippen molar-refractivity contribution in [3.63, 3.8) is 0 Å². The molecule has 0 fully saturated rings. The molecule has 10 aromatic rings. The molecule has 0 atom stereocenters. The van der Waals surface area contributed by atoms with Gasteiger partial charge in [-0.2, -0.15) is 0 Å². The highest BCUT2D eigenvalue weighted by Gasteiger charge is 2.35. The van der Waals surface area contributed by atoms with Crippen LogP contribution in [0, 0.1) is 0 Å². The van der Waals surface area contributed by atoms with Crippen molar-refractivity contribution in [3.8, 4) is 67.3 Å². The van der Waals surface area contributed by atoms with E-state index in [1.165, 1.54) is 49.9 Å². The van der Waals surface area contributed by atoms with Crippen LogP contribution in [-0.4, -0.2) is 9.97 Å². The number of para-hydroxylation sites is 2. The normalized spacial score (nSPS) is 13.0. The van der Waals surface area contributed by atoms with Crippen molar-refractivity contribution in [2.75, 3.05) is 0 Å². The molecule has 3 nitrogen and oxygen atoms in total. The smallest absolute Gasteiger partial charge is 0.160 e. The van der Waals surface area contributed by atoms with Crippen molar-refractivity contribution in [1.29, 1.82) is 0 Å². The van der Waals surface area contributed by atoms with E-state index in [1.54, 1.807) is 0 Å². The van der Waals surface area contributed by atoms with Gasteiger partial charge in [-0.3, -0.25) is 0 Å². The van der Waals surface area contributed by atoms with Gasteiger partial charge in [0.2, 0.25) is 0 Å². The van der Waals surface area contributed by atoms with Gasteiger partial charge in [0, 0.05) is 32.9 Å². The van der Waals surface area contributed by atoms with Gasteiger partial charge in [0.1, 0.15) is 11.2 Å². The molecule has 1 aliphatic rings. The van der Waals surface area contributed by atoms with E-state index in [9.17, 15) is 0 Å². The van der Waals surface area contributed by atoms with E-state index < -0.39 is 0 Å². The molecule has 0 bridgehead atoms.